The molecule has 1 spiro atoms. The summed E-state index contributed by atoms with van der Waals surface area (Å²) in [4.78, 5) is 40.6. The molecule has 1 aromatic carbocycles. The number of amides is 3. The molecule has 0 radical (unpaired) electrons. The van der Waals surface area contributed by atoms with Gasteiger partial charge < -0.3 is 10.4 Å². The molecule has 0 aromatic heterocycles. The number of imide groups is 1. The molecule has 27 heavy (non-hydrogen) atoms. The maximum atomic E-state index is 13.2. The summed E-state index contributed by atoms with van der Waals surface area (Å²) in [5.41, 5.74) is -0.397. The molecule has 3 heterocycles. The van der Waals surface area contributed by atoms with Crippen molar-refractivity contribution in [3.05, 3.63) is 28.8 Å². The predicted octanol–water partition coefficient (Wildman–Crippen LogP) is 1.24. The number of benzene rings is 1. The molecule has 5 atom stereocenters. The van der Waals surface area contributed by atoms with Gasteiger partial charge in [0.1, 0.15) is 5.54 Å². The van der Waals surface area contributed by atoms with Crippen LogP contribution in [0.2, 0.25) is 5.02 Å². The third-order valence-electron chi connectivity index (χ3n) is 5.98. The van der Waals surface area contributed by atoms with Crippen LogP contribution in [0.5, 0.6) is 0 Å². The van der Waals surface area contributed by atoms with E-state index in [-0.39, 0.29) is 11.8 Å². The summed E-state index contributed by atoms with van der Waals surface area (Å²) in [6, 6.07) is 4.41. The normalized spacial score (nSPS) is 32.8. The lowest BCUT2D eigenvalue weighted by atomic mass is 9.76. The summed E-state index contributed by atoms with van der Waals surface area (Å²) >= 11 is 6.25. The van der Waals surface area contributed by atoms with Gasteiger partial charge in [0.25, 0.3) is 0 Å². The topological polar surface area (TPSA) is 98.7 Å². The van der Waals surface area contributed by atoms with Crippen LogP contribution in [0.1, 0.15) is 32.3 Å². The molecule has 0 bridgehead atoms. The Hall–Kier alpha value is -1.96. The molecule has 3 aliphatic heterocycles. The SMILES string of the molecule is CCCCN1C(=O)C2C(C(C)O)NC3(C(=O)Nc4c(Cl)cccc43)C2C1=O. The van der Waals surface area contributed by atoms with Gasteiger partial charge in [-0.1, -0.05) is 37.1 Å². The van der Waals surface area contributed by atoms with E-state index in [9.17, 15) is 19.5 Å². The maximum absolute atomic E-state index is 13.2. The molecule has 7 nitrogen and oxygen atoms in total. The summed E-state index contributed by atoms with van der Waals surface area (Å²) in [5, 5.41) is 16.6. The van der Waals surface area contributed by atoms with Crippen LogP contribution in [-0.4, -0.2) is 46.4 Å². The van der Waals surface area contributed by atoms with E-state index in [1.807, 2.05) is 6.92 Å². The Morgan fingerprint density at radius 2 is 2.04 bits per heavy atom. The molecule has 4 rings (SSSR count). The number of para-hydroxylation sites is 1. The Morgan fingerprint density at radius 1 is 1.30 bits per heavy atom. The number of anilines is 1. The smallest absolute Gasteiger partial charge is 0.250 e. The van der Waals surface area contributed by atoms with Gasteiger partial charge in [-0.15, -0.1) is 0 Å². The van der Waals surface area contributed by atoms with Crippen LogP contribution >= 0.6 is 11.6 Å². The van der Waals surface area contributed by atoms with Crippen molar-refractivity contribution in [1.29, 1.82) is 0 Å². The minimum atomic E-state index is -1.40. The van der Waals surface area contributed by atoms with Gasteiger partial charge in [-0.3, -0.25) is 24.6 Å². The number of nitrogens with zero attached hydrogens (tertiary/aromatic N) is 1. The van der Waals surface area contributed by atoms with Crippen molar-refractivity contribution in [2.24, 2.45) is 11.8 Å². The van der Waals surface area contributed by atoms with Crippen LogP contribution in [0.4, 0.5) is 5.69 Å². The number of aliphatic hydroxyl groups excluding tert-OH is 1. The van der Waals surface area contributed by atoms with E-state index in [4.69, 9.17) is 11.6 Å². The Labute approximate surface area is 162 Å². The van der Waals surface area contributed by atoms with Crippen molar-refractivity contribution in [2.45, 2.75) is 44.4 Å². The van der Waals surface area contributed by atoms with Crippen molar-refractivity contribution in [3.8, 4) is 0 Å². The van der Waals surface area contributed by atoms with Gasteiger partial charge in [-0.05, 0) is 19.4 Å². The zero-order valence-corrected chi connectivity index (χ0v) is 15.9. The fourth-order valence-electron chi connectivity index (χ4n) is 4.73. The van der Waals surface area contributed by atoms with Crippen molar-refractivity contribution < 1.29 is 19.5 Å². The molecular weight excluding hydrogens is 370 g/mol. The fraction of sp³-hybridized carbons (Fsp3) is 0.526. The highest BCUT2D eigenvalue weighted by Crippen LogP contribution is 2.54. The second-order valence-electron chi connectivity index (χ2n) is 7.52. The van der Waals surface area contributed by atoms with E-state index in [2.05, 4.69) is 10.6 Å². The minimum absolute atomic E-state index is 0.322. The van der Waals surface area contributed by atoms with Crippen LogP contribution in [-0.2, 0) is 19.9 Å². The molecule has 3 amide bonds. The Kier molecular flexibility index (Phi) is 4.29. The van der Waals surface area contributed by atoms with Gasteiger partial charge >= 0.3 is 0 Å². The maximum Gasteiger partial charge on any atom is 0.250 e. The highest BCUT2D eigenvalue weighted by atomic mass is 35.5. The van der Waals surface area contributed by atoms with Gasteiger partial charge in [0.15, 0.2) is 0 Å². The van der Waals surface area contributed by atoms with Crippen molar-refractivity contribution in [2.75, 3.05) is 11.9 Å². The average Bonchev–Trinajstić information content (AvgIpc) is 3.21. The van der Waals surface area contributed by atoms with E-state index in [0.29, 0.717) is 29.2 Å². The second kappa shape index (κ2) is 6.29. The number of unbranched alkanes of at least 4 members (excludes halogenated alkanes) is 1. The number of carbonyl (C=O) groups is 3. The molecule has 0 saturated carbocycles. The lowest BCUT2D eigenvalue weighted by molar-refractivity contribution is -0.143. The first-order chi connectivity index (χ1) is 12.8. The number of hydrogen-bond acceptors (Lipinski definition) is 5. The van der Waals surface area contributed by atoms with Gasteiger partial charge in [-0.2, -0.15) is 0 Å². The molecule has 0 aliphatic carbocycles. The average molecular weight is 392 g/mol. The van der Waals surface area contributed by atoms with Crippen LogP contribution in [0.3, 0.4) is 0 Å². The lowest BCUT2D eigenvalue weighted by Crippen LogP contribution is -2.54. The number of aliphatic hydroxyl groups is 1. The quantitative estimate of drug-likeness (QED) is 0.671. The molecule has 144 valence electrons. The third-order valence-corrected chi connectivity index (χ3v) is 6.30. The Morgan fingerprint density at radius 3 is 2.70 bits per heavy atom. The van der Waals surface area contributed by atoms with Gasteiger partial charge in [0, 0.05) is 18.2 Å². The molecule has 3 N–H and O–H groups in total. The minimum Gasteiger partial charge on any atom is -0.392 e. The number of fused-ring (bicyclic) bond motifs is 4. The van der Waals surface area contributed by atoms with E-state index in [0.717, 1.165) is 6.42 Å². The molecule has 8 heteroatoms. The summed E-state index contributed by atoms with van der Waals surface area (Å²) in [7, 11) is 0. The van der Waals surface area contributed by atoms with Crippen LogP contribution in [0.25, 0.3) is 0 Å². The van der Waals surface area contributed by atoms with Gasteiger partial charge in [-0.25, -0.2) is 0 Å². The summed E-state index contributed by atoms with van der Waals surface area (Å²) < 4.78 is 0. The highest BCUT2D eigenvalue weighted by molar-refractivity contribution is 6.35. The van der Waals surface area contributed by atoms with Gasteiger partial charge in [0.05, 0.1) is 28.6 Å². The molecule has 1 aromatic rings. The number of hydrogen-bond donors (Lipinski definition) is 3. The largest absolute Gasteiger partial charge is 0.392 e. The third kappa shape index (κ3) is 2.31. The number of carbonyl (C=O) groups excluding carboxylic acids is 3. The molecule has 3 aliphatic rings. The first kappa shape index (κ1) is 18.4. The van der Waals surface area contributed by atoms with E-state index in [1.165, 1.54) is 4.90 Å². The first-order valence-electron chi connectivity index (χ1n) is 9.26. The Bertz CT molecular complexity index is 842. The van der Waals surface area contributed by atoms with Crippen LogP contribution in [0.15, 0.2) is 18.2 Å². The monoisotopic (exact) mass is 391 g/mol. The van der Waals surface area contributed by atoms with Crippen LogP contribution in [0, 0.1) is 11.8 Å². The van der Waals surface area contributed by atoms with Gasteiger partial charge in [0.2, 0.25) is 17.7 Å². The zero-order valence-electron chi connectivity index (χ0n) is 15.2. The van der Waals surface area contributed by atoms with Crippen molar-refractivity contribution >= 4 is 35.0 Å². The lowest BCUT2D eigenvalue weighted by Gasteiger charge is -2.30. The van der Waals surface area contributed by atoms with E-state index >= 15 is 0 Å². The second-order valence-corrected chi connectivity index (χ2v) is 7.93. The molecule has 2 saturated heterocycles. The number of rotatable bonds is 4. The van der Waals surface area contributed by atoms with Crippen molar-refractivity contribution in [3.63, 3.8) is 0 Å². The number of nitrogens with one attached hydrogen (secondary N) is 2. The van der Waals surface area contributed by atoms with E-state index < -0.39 is 35.4 Å². The summed E-state index contributed by atoms with van der Waals surface area (Å²) in [6.45, 7) is 3.87. The zero-order chi connectivity index (χ0) is 19.5. The fourth-order valence-corrected chi connectivity index (χ4v) is 4.96. The van der Waals surface area contributed by atoms with Crippen LogP contribution < -0.4 is 10.6 Å². The highest BCUT2D eigenvalue weighted by Gasteiger charge is 2.71. The molecule has 2 fully saturated rings. The standard InChI is InChI=1S/C19H22ClN3O4/c1-3-4-8-23-16(25)12-13(17(23)26)19(22-14(12)9(2)24)10-6-5-7-11(20)15(10)21-18(19)27/h5-7,9,12-14,22,24H,3-4,8H2,1-2H3,(H,21,27). The van der Waals surface area contributed by atoms with E-state index in [1.54, 1.807) is 25.1 Å². The van der Waals surface area contributed by atoms with Crippen molar-refractivity contribution in [1.82, 2.24) is 10.2 Å². The predicted molar refractivity (Wildman–Crippen MR) is 99.0 cm³/mol. The Balaban J connectivity index is 1.87. The molecular formula is C19H22ClN3O4. The summed E-state index contributed by atoms with van der Waals surface area (Å²) in [5.74, 6) is -2.79. The first-order valence-corrected chi connectivity index (χ1v) is 9.63. The molecule has 5 unspecified atom stereocenters. The summed E-state index contributed by atoms with van der Waals surface area (Å²) in [6.07, 6.45) is 0.635. The number of halogens is 1. The number of likely N-dealkylation sites (tertiary alicyclic amines) is 1.